The summed E-state index contributed by atoms with van der Waals surface area (Å²) in [5.74, 6) is -2.24. The standard InChI is InChI=1S/C8H10N2O3/c1-5-4-10(2)9-6(5)3-7(11)8(12)13/h4H,3H2,1-2H3,(H,12,13). The number of nitrogens with zero attached hydrogens (tertiary/aromatic N) is 2. The van der Waals surface area contributed by atoms with Crippen LogP contribution in [0.5, 0.6) is 0 Å². The van der Waals surface area contributed by atoms with Crippen LogP contribution < -0.4 is 0 Å². The lowest BCUT2D eigenvalue weighted by atomic mass is 10.1. The summed E-state index contributed by atoms with van der Waals surface area (Å²) in [5.41, 5.74) is 1.35. The van der Waals surface area contributed by atoms with E-state index in [0.717, 1.165) is 5.56 Å². The van der Waals surface area contributed by atoms with Crippen molar-refractivity contribution >= 4 is 11.8 Å². The van der Waals surface area contributed by atoms with Gasteiger partial charge in [0.2, 0.25) is 5.78 Å². The van der Waals surface area contributed by atoms with Crippen LogP contribution in [0.1, 0.15) is 11.3 Å². The zero-order chi connectivity index (χ0) is 10.0. The molecule has 0 spiro atoms. The van der Waals surface area contributed by atoms with Crippen molar-refractivity contribution in [3.63, 3.8) is 0 Å². The maximum Gasteiger partial charge on any atom is 0.372 e. The van der Waals surface area contributed by atoms with Crippen LogP contribution in [0, 0.1) is 6.92 Å². The summed E-state index contributed by atoms with van der Waals surface area (Å²) in [7, 11) is 1.72. The van der Waals surface area contributed by atoms with Crippen molar-refractivity contribution in [3.05, 3.63) is 17.5 Å². The SMILES string of the molecule is Cc1cn(C)nc1CC(=O)C(=O)O. The summed E-state index contributed by atoms with van der Waals surface area (Å²) in [6.07, 6.45) is 1.60. The molecule has 1 aromatic rings. The molecule has 0 fully saturated rings. The largest absolute Gasteiger partial charge is 0.475 e. The Hall–Kier alpha value is -1.65. The molecule has 0 saturated carbocycles. The fourth-order valence-electron chi connectivity index (χ4n) is 1.06. The highest BCUT2D eigenvalue weighted by atomic mass is 16.4. The number of hydrogen-bond donors (Lipinski definition) is 1. The molecule has 0 aromatic carbocycles. The van der Waals surface area contributed by atoms with Gasteiger partial charge in [-0.15, -0.1) is 0 Å². The smallest absolute Gasteiger partial charge is 0.372 e. The van der Waals surface area contributed by atoms with E-state index in [1.54, 1.807) is 24.9 Å². The van der Waals surface area contributed by atoms with E-state index in [1.807, 2.05) is 0 Å². The van der Waals surface area contributed by atoms with E-state index in [0.29, 0.717) is 5.69 Å². The molecule has 0 aliphatic rings. The maximum absolute atomic E-state index is 10.8. The van der Waals surface area contributed by atoms with Crippen molar-refractivity contribution in [1.29, 1.82) is 0 Å². The Balaban J connectivity index is 2.80. The van der Waals surface area contributed by atoms with Crippen molar-refractivity contribution in [3.8, 4) is 0 Å². The third-order valence-electron chi connectivity index (χ3n) is 1.68. The molecule has 1 rings (SSSR count). The van der Waals surface area contributed by atoms with Crippen LogP contribution in [0.15, 0.2) is 6.20 Å². The Morgan fingerprint density at radius 3 is 2.62 bits per heavy atom. The van der Waals surface area contributed by atoms with Crippen LogP contribution in [-0.4, -0.2) is 26.6 Å². The highest BCUT2D eigenvalue weighted by molar-refractivity contribution is 6.33. The normalized spacial score (nSPS) is 10.0. The Bertz CT molecular complexity index is 354. The number of carboxylic acid groups (broad SMARTS) is 1. The first-order valence-electron chi connectivity index (χ1n) is 3.76. The lowest BCUT2D eigenvalue weighted by Crippen LogP contribution is -2.15. The predicted octanol–water partition coefficient (Wildman–Crippen LogP) is -0.0753. The summed E-state index contributed by atoms with van der Waals surface area (Å²) in [6.45, 7) is 1.79. The highest BCUT2D eigenvalue weighted by Crippen LogP contribution is 2.05. The fourth-order valence-corrected chi connectivity index (χ4v) is 1.06. The van der Waals surface area contributed by atoms with Crippen molar-refractivity contribution in [1.82, 2.24) is 9.78 Å². The van der Waals surface area contributed by atoms with Crippen molar-refractivity contribution < 1.29 is 14.7 Å². The number of carboxylic acids is 1. The van der Waals surface area contributed by atoms with Gasteiger partial charge >= 0.3 is 5.97 Å². The zero-order valence-electron chi connectivity index (χ0n) is 7.44. The Kier molecular flexibility index (Phi) is 2.46. The molecule has 5 heteroatoms. The van der Waals surface area contributed by atoms with Gasteiger partial charge in [-0.3, -0.25) is 9.48 Å². The third-order valence-corrected chi connectivity index (χ3v) is 1.68. The summed E-state index contributed by atoms with van der Waals surface area (Å²) >= 11 is 0. The van der Waals surface area contributed by atoms with Gasteiger partial charge in [0.1, 0.15) is 0 Å². The van der Waals surface area contributed by atoms with Gasteiger partial charge in [-0.1, -0.05) is 0 Å². The molecule has 0 saturated heterocycles. The van der Waals surface area contributed by atoms with E-state index in [9.17, 15) is 9.59 Å². The first-order chi connectivity index (χ1) is 6.00. The summed E-state index contributed by atoms with van der Waals surface area (Å²) in [6, 6.07) is 0. The van der Waals surface area contributed by atoms with E-state index in [-0.39, 0.29) is 6.42 Å². The number of ketones is 1. The van der Waals surface area contributed by atoms with Gasteiger partial charge in [0, 0.05) is 13.2 Å². The lowest BCUT2D eigenvalue weighted by molar-refractivity contribution is -0.148. The molecule has 0 unspecified atom stereocenters. The Morgan fingerprint density at radius 1 is 1.62 bits per heavy atom. The number of aromatic nitrogens is 2. The average molecular weight is 182 g/mol. The van der Waals surface area contributed by atoms with Gasteiger partial charge < -0.3 is 5.11 Å². The number of aliphatic carboxylic acids is 1. The molecule has 0 atom stereocenters. The Labute approximate surface area is 75.0 Å². The minimum atomic E-state index is -1.41. The average Bonchev–Trinajstić information content (AvgIpc) is 2.30. The van der Waals surface area contributed by atoms with Crippen LogP contribution in [0.25, 0.3) is 0 Å². The van der Waals surface area contributed by atoms with E-state index in [2.05, 4.69) is 5.10 Å². The van der Waals surface area contributed by atoms with E-state index >= 15 is 0 Å². The van der Waals surface area contributed by atoms with E-state index < -0.39 is 11.8 Å². The molecule has 70 valence electrons. The number of aryl methyl sites for hydroxylation is 2. The molecule has 0 aliphatic carbocycles. The number of hydrogen-bond acceptors (Lipinski definition) is 3. The third kappa shape index (κ3) is 2.14. The first kappa shape index (κ1) is 9.44. The van der Waals surface area contributed by atoms with Gasteiger partial charge in [0.25, 0.3) is 0 Å². The minimum Gasteiger partial charge on any atom is -0.475 e. The predicted molar refractivity (Wildman–Crippen MR) is 44.3 cm³/mol. The summed E-state index contributed by atoms with van der Waals surface area (Å²) in [5, 5.41) is 12.3. The van der Waals surface area contributed by atoms with Gasteiger partial charge in [-0.2, -0.15) is 5.10 Å². The van der Waals surface area contributed by atoms with Crippen LogP contribution in [0.3, 0.4) is 0 Å². The molecule has 5 nitrogen and oxygen atoms in total. The molecule has 1 aromatic heterocycles. The number of carbonyl (C=O) groups is 2. The van der Waals surface area contributed by atoms with Crippen LogP contribution >= 0.6 is 0 Å². The fraction of sp³-hybridized carbons (Fsp3) is 0.375. The molecule has 0 amide bonds. The molecular formula is C8H10N2O3. The second-order valence-electron chi connectivity index (χ2n) is 2.84. The summed E-state index contributed by atoms with van der Waals surface area (Å²) in [4.78, 5) is 21.1. The van der Waals surface area contributed by atoms with Crippen molar-refractivity contribution in [2.45, 2.75) is 13.3 Å². The quantitative estimate of drug-likeness (QED) is 0.664. The topological polar surface area (TPSA) is 72.2 Å². The van der Waals surface area contributed by atoms with Crippen LogP contribution in [0.4, 0.5) is 0 Å². The number of carbonyl (C=O) groups excluding carboxylic acids is 1. The van der Waals surface area contributed by atoms with Crippen LogP contribution in [-0.2, 0) is 23.1 Å². The lowest BCUT2D eigenvalue weighted by Gasteiger charge is -1.92. The van der Waals surface area contributed by atoms with Gasteiger partial charge in [-0.05, 0) is 12.5 Å². The molecule has 0 bridgehead atoms. The zero-order valence-corrected chi connectivity index (χ0v) is 7.44. The second kappa shape index (κ2) is 3.38. The second-order valence-corrected chi connectivity index (χ2v) is 2.84. The monoisotopic (exact) mass is 182 g/mol. The van der Waals surface area contributed by atoms with Gasteiger partial charge in [0.15, 0.2) is 0 Å². The maximum atomic E-state index is 10.8. The molecule has 1 heterocycles. The highest BCUT2D eigenvalue weighted by Gasteiger charge is 2.15. The number of rotatable bonds is 3. The van der Waals surface area contributed by atoms with E-state index in [4.69, 9.17) is 5.11 Å². The van der Waals surface area contributed by atoms with E-state index in [1.165, 1.54) is 0 Å². The molecular weight excluding hydrogens is 172 g/mol. The van der Waals surface area contributed by atoms with Gasteiger partial charge in [-0.25, -0.2) is 4.79 Å². The Morgan fingerprint density at radius 2 is 2.23 bits per heavy atom. The molecule has 13 heavy (non-hydrogen) atoms. The molecule has 1 N–H and O–H groups in total. The number of Topliss-reactive ketones (excluding diaryl/α,β-unsaturated/α-hetero) is 1. The van der Waals surface area contributed by atoms with Crippen molar-refractivity contribution in [2.24, 2.45) is 7.05 Å². The summed E-state index contributed by atoms with van der Waals surface area (Å²) < 4.78 is 1.56. The molecule has 0 radical (unpaired) electrons. The first-order valence-corrected chi connectivity index (χ1v) is 3.76. The van der Waals surface area contributed by atoms with Crippen LogP contribution in [0.2, 0.25) is 0 Å². The molecule has 0 aliphatic heterocycles. The minimum absolute atomic E-state index is 0.137. The van der Waals surface area contributed by atoms with Gasteiger partial charge in [0.05, 0.1) is 12.1 Å². The van der Waals surface area contributed by atoms with Crippen molar-refractivity contribution in [2.75, 3.05) is 0 Å².